The molecule has 0 radical (unpaired) electrons. The van der Waals surface area contributed by atoms with Gasteiger partial charge in [-0.2, -0.15) is 0 Å². The second-order valence-electron chi connectivity index (χ2n) is 8.83. The van der Waals surface area contributed by atoms with Crippen LogP contribution in [0.2, 0.25) is 0 Å². The van der Waals surface area contributed by atoms with Crippen LogP contribution in [0, 0.1) is 11.8 Å². The Morgan fingerprint density at radius 3 is 2.33 bits per heavy atom. The fourth-order valence-corrected chi connectivity index (χ4v) is 4.02. The summed E-state index contributed by atoms with van der Waals surface area (Å²) < 4.78 is 5.49. The van der Waals surface area contributed by atoms with Crippen LogP contribution in [-0.4, -0.2) is 32.7 Å². The molecule has 1 amide bonds. The third-order valence-electron chi connectivity index (χ3n) is 4.58. The van der Waals surface area contributed by atoms with Gasteiger partial charge in [0.25, 0.3) is 11.1 Å². The number of rotatable bonds is 7. The van der Waals surface area contributed by atoms with Gasteiger partial charge in [0.2, 0.25) is 11.7 Å². The summed E-state index contributed by atoms with van der Waals surface area (Å²) in [5, 5.41) is 11.3. The molecular weight excluding hydrogens is 362 g/mol. The summed E-state index contributed by atoms with van der Waals surface area (Å²) in [5.74, 6) is -0.0587. The number of Topliss-reactive ketones (excluding diaryl/α,β-unsaturated/α-hetero) is 1. The summed E-state index contributed by atoms with van der Waals surface area (Å²) in [6.07, 6.45) is 6.91. The molecule has 2 rings (SSSR count). The van der Waals surface area contributed by atoms with Crippen molar-refractivity contribution in [3.63, 3.8) is 0 Å². The number of hydrogen-bond acceptors (Lipinski definition) is 6. The van der Waals surface area contributed by atoms with Crippen LogP contribution in [0.25, 0.3) is 0 Å². The third-order valence-corrected chi connectivity index (χ3v) is 5.53. The fraction of sp³-hybridized carbons (Fsp3) is 0.800. The number of ketones is 1. The fourth-order valence-electron chi connectivity index (χ4n) is 3.30. The molecular formula is C20H33N3O3S. The van der Waals surface area contributed by atoms with Crippen LogP contribution in [0.4, 0.5) is 0 Å². The molecule has 0 saturated heterocycles. The molecule has 1 aliphatic rings. The Labute approximate surface area is 166 Å². The van der Waals surface area contributed by atoms with E-state index in [1.165, 1.54) is 24.6 Å². The minimum atomic E-state index is -0.617. The molecule has 1 fully saturated rings. The molecule has 1 atom stereocenters. The molecule has 1 heterocycles. The van der Waals surface area contributed by atoms with E-state index >= 15 is 0 Å². The number of thioether (sulfide) groups is 1. The lowest BCUT2D eigenvalue weighted by molar-refractivity contribution is -0.126. The Balaban J connectivity index is 2.08. The van der Waals surface area contributed by atoms with E-state index in [0.29, 0.717) is 11.6 Å². The van der Waals surface area contributed by atoms with E-state index in [-0.39, 0.29) is 34.2 Å². The normalized spacial score (nSPS) is 17.6. The van der Waals surface area contributed by atoms with E-state index in [4.69, 9.17) is 4.42 Å². The number of aromatic nitrogens is 2. The van der Waals surface area contributed by atoms with Crippen molar-refractivity contribution in [2.75, 3.05) is 0 Å². The van der Waals surface area contributed by atoms with E-state index < -0.39 is 6.04 Å². The average molecular weight is 396 g/mol. The topological polar surface area (TPSA) is 85.1 Å². The van der Waals surface area contributed by atoms with Gasteiger partial charge in [-0.3, -0.25) is 9.59 Å². The zero-order valence-electron chi connectivity index (χ0n) is 17.2. The summed E-state index contributed by atoms with van der Waals surface area (Å²) in [6.45, 7) is 10.2. The minimum absolute atomic E-state index is 0.00431. The molecule has 1 saturated carbocycles. The third kappa shape index (κ3) is 7.28. The Morgan fingerprint density at radius 1 is 1.15 bits per heavy atom. The van der Waals surface area contributed by atoms with Gasteiger partial charge in [0.15, 0.2) is 0 Å². The molecule has 152 valence electrons. The van der Waals surface area contributed by atoms with Gasteiger partial charge in [0, 0.05) is 10.7 Å². The lowest BCUT2D eigenvalue weighted by atomic mass is 9.96. The van der Waals surface area contributed by atoms with Crippen LogP contribution < -0.4 is 5.32 Å². The van der Waals surface area contributed by atoms with E-state index in [2.05, 4.69) is 15.5 Å². The van der Waals surface area contributed by atoms with Gasteiger partial charge in [0.05, 0.1) is 6.04 Å². The van der Waals surface area contributed by atoms with Crippen molar-refractivity contribution in [3.05, 3.63) is 5.89 Å². The summed E-state index contributed by atoms with van der Waals surface area (Å²) in [5.41, 5.74) is 0. The van der Waals surface area contributed by atoms with E-state index in [1.807, 2.05) is 34.6 Å². The second-order valence-corrected chi connectivity index (χ2v) is 10.6. The quantitative estimate of drug-likeness (QED) is 0.411. The molecule has 1 aromatic rings. The van der Waals surface area contributed by atoms with E-state index in [1.54, 1.807) is 0 Å². The largest absolute Gasteiger partial charge is 0.408 e. The first-order valence-electron chi connectivity index (χ1n) is 10.0. The lowest BCUT2D eigenvalue weighted by Gasteiger charge is -2.21. The van der Waals surface area contributed by atoms with Crippen LogP contribution in [-0.2, 0) is 4.79 Å². The predicted octanol–water partition coefficient (Wildman–Crippen LogP) is 4.64. The molecule has 1 aromatic heterocycles. The second kappa shape index (κ2) is 9.71. The average Bonchev–Trinajstić information content (AvgIpc) is 2.83. The van der Waals surface area contributed by atoms with Crippen LogP contribution >= 0.6 is 11.8 Å². The van der Waals surface area contributed by atoms with Crippen molar-refractivity contribution in [1.29, 1.82) is 0 Å². The van der Waals surface area contributed by atoms with Crippen molar-refractivity contribution in [2.45, 2.75) is 95.6 Å². The molecule has 7 heteroatoms. The zero-order chi connectivity index (χ0) is 20.0. The summed E-state index contributed by atoms with van der Waals surface area (Å²) >= 11 is 1.42. The number of nitrogens with one attached hydrogen (secondary N) is 1. The van der Waals surface area contributed by atoms with Crippen molar-refractivity contribution in [1.82, 2.24) is 15.5 Å². The van der Waals surface area contributed by atoms with Gasteiger partial charge in [-0.15, -0.1) is 10.2 Å². The molecule has 1 N–H and O–H groups in total. The number of nitrogens with zero attached hydrogens (tertiary/aromatic N) is 2. The van der Waals surface area contributed by atoms with Gasteiger partial charge in [-0.1, -0.05) is 72.1 Å². The molecule has 1 aliphatic carbocycles. The molecule has 0 aliphatic heterocycles. The number of carbonyl (C=O) groups excluding carboxylic acids is 2. The van der Waals surface area contributed by atoms with Crippen molar-refractivity contribution >= 4 is 23.5 Å². The molecule has 0 spiro atoms. The van der Waals surface area contributed by atoms with Crippen molar-refractivity contribution in [3.8, 4) is 0 Å². The highest BCUT2D eigenvalue weighted by Crippen LogP contribution is 2.31. The highest BCUT2D eigenvalue weighted by Gasteiger charge is 2.30. The summed E-state index contributed by atoms with van der Waals surface area (Å²) in [6, 6.07) is -0.617. The Hall–Kier alpha value is -1.37. The molecule has 27 heavy (non-hydrogen) atoms. The van der Waals surface area contributed by atoms with Gasteiger partial charge in [0.1, 0.15) is 0 Å². The number of amides is 1. The highest BCUT2D eigenvalue weighted by molar-refractivity contribution is 8.00. The van der Waals surface area contributed by atoms with Crippen LogP contribution in [0.5, 0.6) is 0 Å². The Bertz CT molecular complexity index is 629. The first-order chi connectivity index (χ1) is 12.7. The Morgan fingerprint density at radius 2 is 1.78 bits per heavy atom. The molecule has 0 bridgehead atoms. The monoisotopic (exact) mass is 395 g/mol. The number of hydrogen-bond donors (Lipinski definition) is 1. The maximum Gasteiger partial charge on any atom is 0.286 e. The highest BCUT2D eigenvalue weighted by atomic mass is 32.2. The zero-order valence-corrected chi connectivity index (χ0v) is 18.0. The summed E-state index contributed by atoms with van der Waals surface area (Å²) in [7, 11) is 0. The van der Waals surface area contributed by atoms with Gasteiger partial charge >= 0.3 is 0 Å². The van der Waals surface area contributed by atoms with Gasteiger partial charge in [-0.05, 0) is 25.2 Å². The maximum absolute atomic E-state index is 12.9. The smallest absolute Gasteiger partial charge is 0.286 e. The maximum atomic E-state index is 12.9. The van der Waals surface area contributed by atoms with Crippen LogP contribution in [0.15, 0.2) is 9.64 Å². The first-order valence-corrected chi connectivity index (χ1v) is 10.8. The van der Waals surface area contributed by atoms with Gasteiger partial charge < -0.3 is 9.73 Å². The minimum Gasteiger partial charge on any atom is -0.408 e. The Kier molecular flexibility index (Phi) is 7.89. The predicted molar refractivity (Wildman–Crippen MR) is 107 cm³/mol. The standard InChI is InChI=1S/C20H33N3O3S/c1-13(2)12-15(21-17(25)14-10-8-6-7-9-11-14)16(24)18-22-23-19(26-18)27-20(3,4)5/h13-15H,6-12H2,1-5H3,(H,21,25)/t15-/m0/s1. The van der Waals surface area contributed by atoms with Crippen molar-refractivity contribution < 1.29 is 14.0 Å². The van der Waals surface area contributed by atoms with E-state index in [9.17, 15) is 9.59 Å². The first kappa shape index (κ1) is 21.9. The summed E-state index contributed by atoms with van der Waals surface area (Å²) in [4.78, 5) is 25.7. The molecule has 0 aromatic carbocycles. The molecule has 0 unspecified atom stereocenters. The molecule has 6 nitrogen and oxygen atoms in total. The van der Waals surface area contributed by atoms with Crippen LogP contribution in [0.3, 0.4) is 0 Å². The van der Waals surface area contributed by atoms with Gasteiger partial charge in [-0.25, -0.2) is 0 Å². The lowest BCUT2D eigenvalue weighted by Crippen LogP contribution is -2.44. The number of carbonyl (C=O) groups is 2. The SMILES string of the molecule is CC(C)C[C@H](NC(=O)C1CCCCCC1)C(=O)c1nnc(SC(C)(C)C)o1. The van der Waals surface area contributed by atoms with Crippen molar-refractivity contribution in [2.24, 2.45) is 11.8 Å². The van der Waals surface area contributed by atoms with Crippen LogP contribution in [0.1, 0.15) is 90.2 Å². The van der Waals surface area contributed by atoms with E-state index in [0.717, 1.165) is 25.7 Å².